The molecule has 7 aromatic carbocycles. The van der Waals surface area contributed by atoms with Gasteiger partial charge < -0.3 is 4.42 Å². The van der Waals surface area contributed by atoms with Crippen LogP contribution in [0.5, 0.6) is 0 Å². The summed E-state index contributed by atoms with van der Waals surface area (Å²) in [6.45, 7) is 0. The van der Waals surface area contributed by atoms with Crippen LogP contribution in [0.2, 0.25) is 0 Å². The third-order valence-corrected chi connectivity index (χ3v) is 13.5. The standard InChI is InChI=1S/C52H34OS/c1-2-14-35-32(12-1)13-11-22-36(35)48-39-17-5-3-15-37(39)47(38-16-4-6-18-40(38)48)33-26-24-31(25-27-33)34-28-29-46-44(30-34)50-42-20-8-7-19-41(42)49-43-21-9-10-23-45(43)53-51(49)52(50)54-46/h1-29,32,35,44H,30H2. The van der Waals surface area contributed by atoms with E-state index in [2.05, 4.69) is 176 Å². The maximum atomic E-state index is 6.63. The lowest BCUT2D eigenvalue weighted by molar-refractivity contribution is 0.659. The molecule has 2 heteroatoms. The van der Waals surface area contributed by atoms with Crippen LogP contribution in [0.25, 0.3) is 76.5 Å². The Bertz CT molecular complexity index is 3050. The third-order valence-electron chi connectivity index (χ3n) is 12.2. The summed E-state index contributed by atoms with van der Waals surface area (Å²) in [7, 11) is 0. The zero-order valence-corrected chi connectivity index (χ0v) is 30.3. The van der Waals surface area contributed by atoms with Crippen molar-refractivity contribution in [3.8, 4) is 11.1 Å². The van der Waals surface area contributed by atoms with Gasteiger partial charge in [0.25, 0.3) is 0 Å². The first kappa shape index (κ1) is 30.4. The van der Waals surface area contributed by atoms with Gasteiger partial charge >= 0.3 is 0 Å². The average molecular weight is 707 g/mol. The highest BCUT2D eigenvalue weighted by Crippen LogP contribution is 2.59. The van der Waals surface area contributed by atoms with Crippen LogP contribution >= 0.6 is 11.8 Å². The molecule has 0 saturated heterocycles. The SMILES string of the molecule is C1=CC2C=CC=C(c3c4ccccc4c(-c4ccc(C5=CC=C6Sc7c(c8ccccc8c8c7oc7ccccc78)C6C5)cc4)c4ccccc34)C2C=C1. The van der Waals surface area contributed by atoms with E-state index in [0.29, 0.717) is 17.8 Å². The monoisotopic (exact) mass is 706 g/mol. The summed E-state index contributed by atoms with van der Waals surface area (Å²) in [5.74, 6) is 1.04. The minimum absolute atomic E-state index is 0.311. The van der Waals surface area contributed by atoms with Crippen LogP contribution in [0.15, 0.2) is 190 Å². The van der Waals surface area contributed by atoms with E-state index in [-0.39, 0.29) is 0 Å². The second-order valence-electron chi connectivity index (χ2n) is 15.0. The van der Waals surface area contributed by atoms with Crippen LogP contribution in [0.1, 0.15) is 29.0 Å². The average Bonchev–Trinajstić information content (AvgIpc) is 3.82. The number of hydrogen-bond acceptors (Lipinski definition) is 2. The van der Waals surface area contributed by atoms with Gasteiger partial charge in [0.2, 0.25) is 0 Å². The number of benzene rings is 7. The number of allylic oxidation sites excluding steroid dienone is 12. The molecule has 0 amide bonds. The molecule has 3 aliphatic carbocycles. The van der Waals surface area contributed by atoms with Gasteiger partial charge in [0.15, 0.2) is 0 Å². The predicted molar refractivity (Wildman–Crippen MR) is 230 cm³/mol. The molecule has 0 bridgehead atoms. The van der Waals surface area contributed by atoms with Crippen molar-refractivity contribution in [2.45, 2.75) is 17.2 Å². The smallest absolute Gasteiger partial charge is 0.150 e. The van der Waals surface area contributed by atoms with Crippen LogP contribution in [-0.4, -0.2) is 0 Å². The van der Waals surface area contributed by atoms with E-state index in [4.69, 9.17) is 4.42 Å². The van der Waals surface area contributed by atoms with Gasteiger partial charge in [-0.3, -0.25) is 0 Å². The van der Waals surface area contributed by atoms with Crippen LogP contribution in [-0.2, 0) is 0 Å². The summed E-state index contributed by atoms with van der Waals surface area (Å²) < 4.78 is 6.63. The van der Waals surface area contributed by atoms with Gasteiger partial charge in [-0.2, -0.15) is 0 Å². The number of hydrogen-bond donors (Lipinski definition) is 0. The van der Waals surface area contributed by atoms with Crippen LogP contribution in [0.3, 0.4) is 0 Å². The van der Waals surface area contributed by atoms with Crippen molar-refractivity contribution < 1.29 is 4.42 Å². The molecule has 3 atom stereocenters. The Morgan fingerprint density at radius 3 is 1.89 bits per heavy atom. The first-order chi connectivity index (χ1) is 26.8. The minimum atomic E-state index is 0.311. The van der Waals surface area contributed by atoms with Gasteiger partial charge in [0, 0.05) is 28.5 Å². The summed E-state index contributed by atoms with van der Waals surface area (Å²) >= 11 is 1.90. The maximum Gasteiger partial charge on any atom is 0.150 e. The Hall–Kier alpha value is -6.09. The van der Waals surface area contributed by atoms with E-state index in [1.54, 1.807) is 0 Å². The second kappa shape index (κ2) is 11.7. The molecule has 54 heavy (non-hydrogen) atoms. The maximum absolute atomic E-state index is 6.63. The van der Waals surface area contributed by atoms with Crippen molar-refractivity contribution in [2.24, 2.45) is 11.8 Å². The topological polar surface area (TPSA) is 13.1 Å². The van der Waals surface area contributed by atoms with Crippen molar-refractivity contribution in [2.75, 3.05) is 0 Å². The molecule has 0 radical (unpaired) electrons. The summed E-state index contributed by atoms with van der Waals surface area (Å²) in [5, 5.41) is 10.3. The largest absolute Gasteiger partial charge is 0.455 e. The molecule has 1 nitrogen and oxygen atoms in total. The lowest BCUT2D eigenvalue weighted by Crippen LogP contribution is -2.15. The Kier molecular flexibility index (Phi) is 6.58. The molecule has 8 aromatic rings. The van der Waals surface area contributed by atoms with E-state index >= 15 is 0 Å². The molecule has 4 aliphatic rings. The molecule has 0 spiro atoms. The Morgan fingerprint density at radius 1 is 0.519 bits per heavy atom. The quantitative estimate of drug-likeness (QED) is 0.170. The number of fused-ring (bicyclic) bond motifs is 13. The van der Waals surface area contributed by atoms with Gasteiger partial charge in [0.1, 0.15) is 11.2 Å². The van der Waals surface area contributed by atoms with Crippen molar-refractivity contribution >= 4 is 77.2 Å². The van der Waals surface area contributed by atoms with Crippen molar-refractivity contribution in [3.05, 3.63) is 198 Å². The van der Waals surface area contributed by atoms with Crippen LogP contribution in [0.4, 0.5) is 0 Å². The van der Waals surface area contributed by atoms with Gasteiger partial charge in [-0.1, -0.05) is 182 Å². The number of thioether (sulfide) groups is 1. The fourth-order valence-electron chi connectivity index (χ4n) is 9.84. The van der Waals surface area contributed by atoms with Gasteiger partial charge in [-0.05, 0) is 88.7 Å². The van der Waals surface area contributed by atoms with Crippen molar-refractivity contribution in [1.29, 1.82) is 0 Å². The molecular weight excluding hydrogens is 673 g/mol. The van der Waals surface area contributed by atoms with E-state index in [1.807, 2.05) is 11.8 Å². The lowest BCUT2D eigenvalue weighted by Gasteiger charge is -2.29. The number of furan rings is 1. The fraction of sp³-hybridized carbons (Fsp3) is 0.0769. The molecule has 12 rings (SSSR count). The lowest BCUT2D eigenvalue weighted by atomic mass is 9.74. The van der Waals surface area contributed by atoms with E-state index in [0.717, 1.165) is 17.6 Å². The number of rotatable bonds is 3. The molecule has 0 saturated carbocycles. The highest BCUT2D eigenvalue weighted by atomic mass is 32.2. The highest BCUT2D eigenvalue weighted by molar-refractivity contribution is 8.03. The summed E-state index contributed by atoms with van der Waals surface area (Å²) in [5.41, 5.74) is 11.4. The molecule has 0 fully saturated rings. The third kappa shape index (κ3) is 4.35. The molecule has 1 aromatic heterocycles. The minimum Gasteiger partial charge on any atom is -0.455 e. The second-order valence-corrected chi connectivity index (χ2v) is 16.1. The first-order valence-electron chi connectivity index (χ1n) is 19.0. The molecular formula is C52H34OS. The fourth-order valence-corrected chi connectivity index (χ4v) is 11.2. The molecule has 3 unspecified atom stereocenters. The summed E-state index contributed by atoms with van der Waals surface area (Å²) in [6.07, 6.45) is 21.7. The molecule has 2 heterocycles. The summed E-state index contributed by atoms with van der Waals surface area (Å²) in [6, 6.07) is 44.8. The molecule has 0 N–H and O–H groups in total. The first-order valence-corrected chi connectivity index (χ1v) is 19.8. The Balaban J connectivity index is 0.952. The van der Waals surface area contributed by atoms with Gasteiger partial charge in [-0.25, -0.2) is 0 Å². The van der Waals surface area contributed by atoms with E-state index in [9.17, 15) is 0 Å². The van der Waals surface area contributed by atoms with Crippen molar-refractivity contribution in [3.63, 3.8) is 0 Å². The highest BCUT2D eigenvalue weighted by Gasteiger charge is 2.36. The zero-order valence-electron chi connectivity index (χ0n) is 29.5. The summed E-state index contributed by atoms with van der Waals surface area (Å²) in [4.78, 5) is 2.70. The van der Waals surface area contributed by atoms with Crippen LogP contribution in [0, 0.1) is 11.8 Å². The molecule has 1 aliphatic heterocycles. The normalized spacial score (nSPS) is 20.0. The Morgan fingerprint density at radius 2 is 1.13 bits per heavy atom. The van der Waals surface area contributed by atoms with Crippen molar-refractivity contribution in [1.82, 2.24) is 0 Å². The predicted octanol–water partition coefficient (Wildman–Crippen LogP) is 14.6. The number of para-hydroxylation sites is 1. The Labute approximate surface area is 318 Å². The molecule has 254 valence electrons. The van der Waals surface area contributed by atoms with E-state index < -0.39 is 0 Å². The van der Waals surface area contributed by atoms with E-state index in [1.165, 1.54) is 91.9 Å². The zero-order chi connectivity index (χ0) is 35.3. The van der Waals surface area contributed by atoms with Gasteiger partial charge in [-0.15, -0.1) is 0 Å². The van der Waals surface area contributed by atoms with Gasteiger partial charge in [0.05, 0.1) is 4.90 Å². The van der Waals surface area contributed by atoms with Crippen LogP contribution < -0.4 is 0 Å².